The van der Waals surface area contributed by atoms with Gasteiger partial charge in [-0.1, -0.05) is 20.8 Å². The molecule has 1 fully saturated rings. The normalized spacial score (nSPS) is 15.7. The van der Waals surface area contributed by atoms with Crippen molar-refractivity contribution < 1.29 is 22.7 Å². The zero-order valence-corrected chi connectivity index (χ0v) is 19.2. The predicted octanol–water partition coefficient (Wildman–Crippen LogP) is 3.11. The molecule has 1 N–H and O–H groups in total. The van der Waals surface area contributed by atoms with Gasteiger partial charge in [0.15, 0.2) is 0 Å². The fourth-order valence-corrected chi connectivity index (χ4v) is 5.20. The van der Waals surface area contributed by atoms with Gasteiger partial charge < -0.3 is 14.8 Å². The molecule has 1 saturated heterocycles. The van der Waals surface area contributed by atoms with E-state index in [0.29, 0.717) is 49.2 Å². The minimum atomic E-state index is -3.70. The SMILES string of the molecule is CCOc1ccc(S(=O)(=O)N2CCOCC2)cc1NC(=O)c1cnc(C(C)(C)C)s1. The molecule has 0 saturated carbocycles. The van der Waals surface area contributed by atoms with E-state index in [-0.39, 0.29) is 16.2 Å². The number of morpholine rings is 1. The fraction of sp³-hybridized carbons (Fsp3) is 0.500. The van der Waals surface area contributed by atoms with Gasteiger partial charge in [0.05, 0.1) is 41.6 Å². The summed E-state index contributed by atoms with van der Waals surface area (Å²) in [6, 6.07) is 4.51. The maximum atomic E-state index is 13.0. The van der Waals surface area contributed by atoms with Crippen molar-refractivity contribution in [2.75, 3.05) is 38.2 Å². The van der Waals surface area contributed by atoms with E-state index in [9.17, 15) is 13.2 Å². The summed E-state index contributed by atoms with van der Waals surface area (Å²) in [6.07, 6.45) is 1.54. The molecular weight excluding hydrogens is 426 g/mol. The molecule has 0 radical (unpaired) electrons. The van der Waals surface area contributed by atoms with Crippen LogP contribution in [0.3, 0.4) is 0 Å². The number of nitrogens with one attached hydrogen (secondary N) is 1. The topological polar surface area (TPSA) is 97.8 Å². The smallest absolute Gasteiger partial charge is 0.267 e. The molecule has 0 bridgehead atoms. The molecule has 2 aromatic rings. The summed E-state index contributed by atoms with van der Waals surface area (Å²) in [5.41, 5.74) is 0.146. The number of hydrogen-bond acceptors (Lipinski definition) is 7. The molecule has 0 spiro atoms. The Labute approximate surface area is 181 Å². The van der Waals surface area contributed by atoms with Crippen LogP contribution in [0.1, 0.15) is 42.4 Å². The van der Waals surface area contributed by atoms with Crippen molar-refractivity contribution in [3.05, 3.63) is 34.3 Å². The van der Waals surface area contributed by atoms with Crippen molar-refractivity contribution in [2.24, 2.45) is 0 Å². The number of hydrogen-bond donors (Lipinski definition) is 1. The van der Waals surface area contributed by atoms with E-state index >= 15 is 0 Å². The van der Waals surface area contributed by atoms with Crippen LogP contribution in [0.25, 0.3) is 0 Å². The van der Waals surface area contributed by atoms with Crippen molar-refractivity contribution in [1.29, 1.82) is 0 Å². The van der Waals surface area contributed by atoms with Gasteiger partial charge in [0.2, 0.25) is 10.0 Å². The third kappa shape index (κ3) is 5.00. The summed E-state index contributed by atoms with van der Waals surface area (Å²) in [4.78, 5) is 17.7. The maximum Gasteiger partial charge on any atom is 0.267 e. The van der Waals surface area contributed by atoms with Gasteiger partial charge in [-0.05, 0) is 25.1 Å². The molecule has 1 aliphatic heterocycles. The molecule has 10 heteroatoms. The summed E-state index contributed by atoms with van der Waals surface area (Å²) < 4.78 is 38.2. The highest BCUT2D eigenvalue weighted by Gasteiger charge is 2.28. The minimum absolute atomic E-state index is 0.0999. The molecule has 0 atom stereocenters. The van der Waals surface area contributed by atoms with Crippen LogP contribution in [0.2, 0.25) is 0 Å². The Balaban J connectivity index is 1.89. The van der Waals surface area contributed by atoms with E-state index in [1.165, 1.54) is 34.0 Å². The molecule has 0 unspecified atom stereocenters. The molecule has 1 amide bonds. The highest BCUT2D eigenvalue weighted by molar-refractivity contribution is 7.89. The number of anilines is 1. The van der Waals surface area contributed by atoms with E-state index in [2.05, 4.69) is 10.3 Å². The Bertz CT molecular complexity index is 1010. The average molecular weight is 454 g/mol. The third-order valence-electron chi connectivity index (χ3n) is 4.48. The highest BCUT2D eigenvalue weighted by Crippen LogP contribution is 2.31. The first-order valence-corrected chi connectivity index (χ1v) is 12.0. The van der Waals surface area contributed by atoms with Crippen molar-refractivity contribution in [2.45, 2.75) is 38.0 Å². The van der Waals surface area contributed by atoms with Gasteiger partial charge in [0, 0.05) is 18.5 Å². The molecule has 1 aromatic heterocycles. The molecule has 1 aliphatic rings. The van der Waals surface area contributed by atoms with E-state index in [1.807, 2.05) is 27.7 Å². The van der Waals surface area contributed by atoms with Crippen molar-refractivity contribution in [3.8, 4) is 5.75 Å². The van der Waals surface area contributed by atoms with Gasteiger partial charge in [0.1, 0.15) is 10.6 Å². The number of thiazole rings is 1. The summed E-state index contributed by atoms with van der Waals surface area (Å²) in [5, 5.41) is 3.64. The average Bonchev–Trinajstić information content (AvgIpc) is 3.21. The van der Waals surface area contributed by atoms with Crippen molar-refractivity contribution in [1.82, 2.24) is 9.29 Å². The van der Waals surface area contributed by atoms with Crippen LogP contribution >= 0.6 is 11.3 Å². The van der Waals surface area contributed by atoms with E-state index in [1.54, 1.807) is 6.07 Å². The first-order chi connectivity index (χ1) is 14.1. The van der Waals surface area contributed by atoms with Crippen LogP contribution in [0, 0.1) is 0 Å². The van der Waals surface area contributed by atoms with E-state index in [0.717, 1.165) is 5.01 Å². The van der Waals surface area contributed by atoms with Gasteiger partial charge in [-0.2, -0.15) is 4.31 Å². The van der Waals surface area contributed by atoms with Crippen molar-refractivity contribution >= 4 is 33.0 Å². The largest absolute Gasteiger partial charge is 0.492 e. The molecule has 2 heterocycles. The number of benzene rings is 1. The first-order valence-electron chi connectivity index (χ1n) is 9.75. The zero-order valence-electron chi connectivity index (χ0n) is 17.6. The van der Waals surface area contributed by atoms with Crippen LogP contribution in [-0.2, 0) is 20.2 Å². The van der Waals surface area contributed by atoms with E-state index < -0.39 is 10.0 Å². The number of aromatic nitrogens is 1. The lowest BCUT2D eigenvalue weighted by molar-refractivity contribution is 0.0730. The second-order valence-corrected chi connectivity index (χ2v) is 10.8. The molecule has 164 valence electrons. The summed E-state index contributed by atoms with van der Waals surface area (Å²) >= 11 is 1.31. The maximum absolute atomic E-state index is 13.0. The molecular formula is C20H27N3O5S2. The second-order valence-electron chi connectivity index (χ2n) is 7.84. The Hall–Kier alpha value is -2.01. The summed E-state index contributed by atoms with van der Waals surface area (Å²) in [5.74, 6) is 0.0530. The fourth-order valence-electron chi connectivity index (χ4n) is 2.89. The van der Waals surface area contributed by atoms with Gasteiger partial charge in [-0.3, -0.25) is 4.79 Å². The van der Waals surface area contributed by atoms with Crippen LogP contribution < -0.4 is 10.1 Å². The van der Waals surface area contributed by atoms with Gasteiger partial charge in [0.25, 0.3) is 5.91 Å². The number of ether oxygens (including phenoxy) is 2. The lowest BCUT2D eigenvalue weighted by Crippen LogP contribution is -2.40. The van der Waals surface area contributed by atoms with Crippen molar-refractivity contribution in [3.63, 3.8) is 0 Å². The minimum Gasteiger partial charge on any atom is -0.492 e. The Morgan fingerprint density at radius 1 is 1.30 bits per heavy atom. The molecule has 0 aliphatic carbocycles. The molecule has 30 heavy (non-hydrogen) atoms. The summed E-state index contributed by atoms with van der Waals surface area (Å²) in [7, 11) is -3.70. The summed E-state index contributed by atoms with van der Waals surface area (Å²) in [6.45, 7) is 9.61. The van der Waals surface area contributed by atoms with E-state index in [4.69, 9.17) is 9.47 Å². The number of carbonyl (C=O) groups is 1. The van der Waals surface area contributed by atoms with Gasteiger partial charge >= 0.3 is 0 Å². The second kappa shape index (κ2) is 9.01. The quantitative estimate of drug-likeness (QED) is 0.722. The molecule has 8 nitrogen and oxygen atoms in total. The number of rotatable bonds is 6. The standard InChI is InChI=1S/C20H27N3O5S2/c1-5-28-16-7-6-14(30(25,26)23-8-10-27-11-9-23)12-15(16)22-18(24)17-13-21-19(29-17)20(2,3)4/h6-7,12-13H,5,8-11H2,1-4H3,(H,22,24). The van der Waals surface area contributed by atoms with Gasteiger partial charge in [-0.25, -0.2) is 13.4 Å². The van der Waals surface area contributed by atoms with Crippen LogP contribution in [0.15, 0.2) is 29.3 Å². The number of amides is 1. The third-order valence-corrected chi connectivity index (χ3v) is 7.79. The van der Waals surface area contributed by atoms with Crippen LogP contribution in [0.5, 0.6) is 5.75 Å². The lowest BCUT2D eigenvalue weighted by Gasteiger charge is -2.26. The predicted molar refractivity (Wildman–Crippen MR) is 116 cm³/mol. The molecule has 1 aromatic carbocycles. The Morgan fingerprint density at radius 2 is 2.00 bits per heavy atom. The van der Waals surface area contributed by atoms with Crippen LogP contribution in [0.4, 0.5) is 5.69 Å². The number of nitrogens with zero attached hydrogens (tertiary/aromatic N) is 2. The first kappa shape index (κ1) is 22.7. The zero-order chi connectivity index (χ0) is 21.9. The van der Waals surface area contributed by atoms with Crippen LogP contribution in [-0.4, -0.2) is 56.5 Å². The lowest BCUT2D eigenvalue weighted by atomic mass is 9.98. The Kier molecular flexibility index (Phi) is 6.81. The van der Waals surface area contributed by atoms with Gasteiger partial charge in [-0.15, -0.1) is 11.3 Å². The number of carbonyl (C=O) groups excluding carboxylic acids is 1. The number of sulfonamides is 1. The molecule has 3 rings (SSSR count). The monoisotopic (exact) mass is 453 g/mol. The highest BCUT2D eigenvalue weighted by atomic mass is 32.2. The Morgan fingerprint density at radius 3 is 2.60 bits per heavy atom.